The number of aliphatic hydroxyl groups is 1. The summed E-state index contributed by atoms with van der Waals surface area (Å²) in [6.45, 7) is 2.08. The molecule has 56 valence electrons. The van der Waals surface area contributed by atoms with Crippen LogP contribution in [0.15, 0.2) is 0 Å². The Hall–Kier alpha value is 0.620. The average Bonchev–Trinajstić information content (AvgIpc) is 1.82. The van der Waals surface area contributed by atoms with Crippen LogP contribution in [-0.2, 0) is 0 Å². The van der Waals surface area contributed by atoms with E-state index in [9.17, 15) is 0 Å². The molecule has 0 radical (unpaired) electrons. The molecule has 4 heteroatoms. The molecule has 0 fully saturated rings. The summed E-state index contributed by atoms with van der Waals surface area (Å²) in [6.07, 6.45) is 1.98. The Balaban J connectivity index is 3.41. The zero-order valence-electron chi connectivity index (χ0n) is 5.70. The molecule has 0 aliphatic heterocycles. The summed E-state index contributed by atoms with van der Waals surface area (Å²) in [6, 6.07) is 0.0763. The van der Waals surface area contributed by atoms with Gasteiger partial charge in [0.25, 0.3) is 0 Å². The molecule has 9 heavy (non-hydrogen) atoms. The van der Waals surface area contributed by atoms with Crippen LogP contribution < -0.4 is 5.73 Å². The lowest BCUT2D eigenvalue weighted by Gasteiger charge is -2.14. The van der Waals surface area contributed by atoms with E-state index in [2.05, 4.69) is 0 Å². The van der Waals surface area contributed by atoms with Crippen molar-refractivity contribution in [2.75, 3.05) is 12.9 Å². The predicted molar refractivity (Wildman–Crippen MR) is 45.6 cm³/mol. The molecule has 2 atom stereocenters. The molecule has 2 nitrogen and oxygen atoms in total. The van der Waals surface area contributed by atoms with Crippen molar-refractivity contribution in [3.05, 3.63) is 0 Å². The van der Waals surface area contributed by atoms with Gasteiger partial charge in [-0.05, 0) is 13.2 Å². The van der Waals surface area contributed by atoms with E-state index in [1.165, 1.54) is 0 Å². The van der Waals surface area contributed by atoms with E-state index in [0.717, 1.165) is 0 Å². The highest BCUT2D eigenvalue weighted by molar-refractivity contribution is 8.76. The van der Waals surface area contributed by atoms with Crippen LogP contribution in [0.4, 0.5) is 0 Å². The van der Waals surface area contributed by atoms with Gasteiger partial charge < -0.3 is 10.8 Å². The van der Waals surface area contributed by atoms with E-state index in [1.807, 2.05) is 13.2 Å². The van der Waals surface area contributed by atoms with E-state index in [4.69, 9.17) is 10.8 Å². The fraction of sp³-hybridized carbons (Fsp3) is 1.00. The van der Waals surface area contributed by atoms with Gasteiger partial charge in [-0.15, -0.1) is 0 Å². The van der Waals surface area contributed by atoms with Gasteiger partial charge in [0, 0.05) is 6.04 Å². The number of aliphatic hydroxyl groups excluding tert-OH is 1. The van der Waals surface area contributed by atoms with Crippen molar-refractivity contribution < 1.29 is 5.11 Å². The standard InChI is InChI=1S/C5H13NOS2/c1-4(6)5(3-7)9-8-2/h4-5,7H,3,6H2,1-2H3. The van der Waals surface area contributed by atoms with E-state index < -0.39 is 0 Å². The van der Waals surface area contributed by atoms with Crippen molar-refractivity contribution in [1.82, 2.24) is 0 Å². The van der Waals surface area contributed by atoms with E-state index in [0.29, 0.717) is 0 Å². The second kappa shape index (κ2) is 5.41. The number of nitrogens with two attached hydrogens (primary N) is 1. The quantitative estimate of drug-likeness (QED) is 0.605. The van der Waals surface area contributed by atoms with Crippen molar-refractivity contribution in [2.45, 2.75) is 18.2 Å². The minimum absolute atomic E-state index is 0.0763. The summed E-state index contributed by atoms with van der Waals surface area (Å²) in [5.41, 5.74) is 5.54. The topological polar surface area (TPSA) is 46.2 Å². The third-order valence-corrected chi connectivity index (χ3v) is 3.32. The van der Waals surface area contributed by atoms with Gasteiger partial charge in [-0.3, -0.25) is 0 Å². The summed E-state index contributed by atoms with van der Waals surface area (Å²) < 4.78 is 0. The average molecular weight is 167 g/mol. The molecular formula is C5H13NOS2. The Kier molecular flexibility index (Phi) is 5.78. The minimum atomic E-state index is 0.0763. The molecule has 0 aromatic rings. The Morgan fingerprint density at radius 1 is 1.67 bits per heavy atom. The SMILES string of the molecule is CSSC(CO)C(C)N. The van der Waals surface area contributed by atoms with Gasteiger partial charge in [-0.2, -0.15) is 0 Å². The molecule has 0 saturated heterocycles. The van der Waals surface area contributed by atoms with Crippen molar-refractivity contribution in [3.8, 4) is 0 Å². The molecule has 0 aromatic heterocycles. The van der Waals surface area contributed by atoms with Gasteiger partial charge in [0.15, 0.2) is 0 Å². The van der Waals surface area contributed by atoms with Crippen LogP contribution in [0.3, 0.4) is 0 Å². The monoisotopic (exact) mass is 167 g/mol. The van der Waals surface area contributed by atoms with Crippen molar-refractivity contribution in [3.63, 3.8) is 0 Å². The van der Waals surface area contributed by atoms with Crippen LogP contribution >= 0.6 is 21.6 Å². The summed E-state index contributed by atoms with van der Waals surface area (Å²) >= 11 is 0. The molecule has 0 saturated carbocycles. The van der Waals surface area contributed by atoms with Gasteiger partial charge >= 0.3 is 0 Å². The van der Waals surface area contributed by atoms with Gasteiger partial charge in [-0.1, -0.05) is 21.6 Å². The smallest absolute Gasteiger partial charge is 0.0573 e. The fourth-order valence-electron chi connectivity index (χ4n) is 0.408. The van der Waals surface area contributed by atoms with Crippen LogP contribution in [0.2, 0.25) is 0 Å². The van der Waals surface area contributed by atoms with Crippen molar-refractivity contribution >= 4 is 21.6 Å². The van der Waals surface area contributed by atoms with Crippen LogP contribution in [0.1, 0.15) is 6.92 Å². The second-order valence-electron chi connectivity index (χ2n) is 1.84. The normalized spacial score (nSPS) is 17.3. The van der Waals surface area contributed by atoms with E-state index in [1.54, 1.807) is 21.6 Å². The lowest BCUT2D eigenvalue weighted by atomic mass is 10.3. The van der Waals surface area contributed by atoms with E-state index in [-0.39, 0.29) is 17.9 Å². The molecule has 0 aromatic carbocycles. The lowest BCUT2D eigenvalue weighted by molar-refractivity contribution is 0.286. The van der Waals surface area contributed by atoms with Crippen LogP contribution in [0.25, 0.3) is 0 Å². The molecule has 0 amide bonds. The van der Waals surface area contributed by atoms with Crippen LogP contribution in [0.5, 0.6) is 0 Å². The van der Waals surface area contributed by atoms with Crippen molar-refractivity contribution in [1.29, 1.82) is 0 Å². The molecule has 0 aliphatic rings. The second-order valence-corrected chi connectivity index (χ2v) is 4.55. The Morgan fingerprint density at radius 3 is 2.33 bits per heavy atom. The first kappa shape index (κ1) is 9.62. The van der Waals surface area contributed by atoms with E-state index >= 15 is 0 Å². The maximum Gasteiger partial charge on any atom is 0.0573 e. The minimum Gasteiger partial charge on any atom is -0.395 e. The Bertz CT molecular complexity index is 70.0. The van der Waals surface area contributed by atoms with Crippen molar-refractivity contribution in [2.24, 2.45) is 5.73 Å². The van der Waals surface area contributed by atoms with Crippen LogP contribution in [-0.4, -0.2) is 29.3 Å². The molecule has 0 heterocycles. The highest BCUT2D eigenvalue weighted by Crippen LogP contribution is 2.24. The fourth-order valence-corrected chi connectivity index (χ4v) is 2.34. The summed E-state index contributed by atoms with van der Waals surface area (Å²) in [5.74, 6) is 0. The van der Waals surface area contributed by atoms with Gasteiger partial charge in [0.2, 0.25) is 0 Å². The van der Waals surface area contributed by atoms with Crippen LogP contribution in [0, 0.1) is 0 Å². The zero-order chi connectivity index (χ0) is 7.28. The zero-order valence-corrected chi connectivity index (χ0v) is 7.34. The van der Waals surface area contributed by atoms with Gasteiger partial charge in [0.05, 0.1) is 11.9 Å². The first-order chi connectivity index (χ1) is 4.22. The highest BCUT2D eigenvalue weighted by atomic mass is 33.1. The molecule has 0 rings (SSSR count). The lowest BCUT2D eigenvalue weighted by Crippen LogP contribution is -2.31. The first-order valence-corrected chi connectivity index (χ1v) is 5.40. The van der Waals surface area contributed by atoms with Gasteiger partial charge in [-0.25, -0.2) is 0 Å². The molecule has 0 spiro atoms. The third-order valence-electron chi connectivity index (χ3n) is 0.986. The molecule has 0 bridgehead atoms. The Labute approximate surface area is 64.0 Å². The summed E-state index contributed by atoms with van der Waals surface area (Å²) in [4.78, 5) is 0. The maximum atomic E-state index is 8.71. The molecule has 0 aliphatic carbocycles. The summed E-state index contributed by atoms with van der Waals surface area (Å²) in [7, 11) is 3.27. The molecule has 2 unspecified atom stereocenters. The predicted octanol–water partition coefficient (Wildman–Crippen LogP) is 0.706. The number of rotatable bonds is 4. The summed E-state index contributed by atoms with van der Waals surface area (Å²) in [5, 5.41) is 8.89. The number of hydrogen-bond acceptors (Lipinski definition) is 4. The van der Waals surface area contributed by atoms with Gasteiger partial charge in [0.1, 0.15) is 0 Å². The third kappa shape index (κ3) is 4.08. The maximum absolute atomic E-state index is 8.71. The number of hydrogen-bond donors (Lipinski definition) is 2. The highest BCUT2D eigenvalue weighted by Gasteiger charge is 2.11. The molecule has 3 N–H and O–H groups in total. The largest absolute Gasteiger partial charge is 0.395 e. The first-order valence-electron chi connectivity index (χ1n) is 2.78. The molecular weight excluding hydrogens is 154 g/mol. The Morgan fingerprint density at radius 2 is 2.22 bits per heavy atom.